The van der Waals surface area contributed by atoms with Gasteiger partial charge in [-0.25, -0.2) is 4.79 Å². The van der Waals surface area contributed by atoms with Crippen LogP contribution in [0, 0.1) is 0 Å². The van der Waals surface area contributed by atoms with Crippen molar-refractivity contribution < 1.29 is 33.3 Å². The molecule has 0 bridgehead atoms. The highest BCUT2D eigenvalue weighted by molar-refractivity contribution is 6.74. The highest BCUT2D eigenvalue weighted by atomic mass is 28.4. The first kappa shape index (κ1) is 24.0. The van der Waals surface area contributed by atoms with Crippen molar-refractivity contribution in [2.24, 2.45) is 0 Å². The molecule has 0 amide bonds. The van der Waals surface area contributed by atoms with Crippen LogP contribution in [0.3, 0.4) is 0 Å². The number of carbonyl (C=O) groups is 1. The monoisotopic (exact) mass is 426 g/mol. The van der Waals surface area contributed by atoms with Gasteiger partial charge in [0.25, 0.3) is 0 Å². The van der Waals surface area contributed by atoms with Gasteiger partial charge in [0, 0.05) is 14.2 Å². The minimum Gasteiger partial charge on any atom is -0.453 e. The predicted molar refractivity (Wildman–Crippen MR) is 111 cm³/mol. The number of benzene rings is 1. The van der Waals surface area contributed by atoms with Crippen molar-refractivity contribution in [1.29, 1.82) is 0 Å². The van der Waals surface area contributed by atoms with Gasteiger partial charge < -0.3 is 28.5 Å². The van der Waals surface area contributed by atoms with Gasteiger partial charge in [0.1, 0.15) is 18.3 Å². The summed E-state index contributed by atoms with van der Waals surface area (Å²) in [4.78, 5) is 12.8. The molecule has 2 rings (SSSR count). The first-order chi connectivity index (χ1) is 13.6. The number of methoxy groups -OCH3 is 2. The van der Waals surface area contributed by atoms with E-state index in [-0.39, 0.29) is 11.6 Å². The molecule has 164 valence electrons. The van der Waals surface area contributed by atoms with Crippen molar-refractivity contribution in [3.05, 3.63) is 35.9 Å². The number of esters is 1. The molecule has 8 heteroatoms. The zero-order valence-electron chi connectivity index (χ0n) is 18.4. The number of rotatable bonds is 7. The molecule has 0 aliphatic carbocycles. The van der Waals surface area contributed by atoms with E-state index in [4.69, 9.17) is 23.4 Å². The minimum atomic E-state index is -2.27. The van der Waals surface area contributed by atoms with Crippen LogP contribution in [-0.2, 0) is 23.4 Å². The first-order valence-electron chi connectivity index (χ1n) is 9.81. The summed E-state index contributed by atoms with van der Waals surface area (Å²) in [6.45, 7) is 10.3. The summed E-state index contributed by atoms with van der Waals surface area (Å²) in [5.74, 6) is -0.507. The highest BCUT2D eigenvalue weighted by Crippen LogP contribution is 2.40. The van der Waals surface area contributed by atoms with Gasteiger partial charge >= 0.3 is 5.97 Å². The summed E-state index contributed by atoms with van der Waals surface area (Å²) in [5, 5.41) is 9.86. The average Bonchev–Trinajstić information content (AvgIpc) is 2.68. The maximum Gasteiger partial charge on any atom is 0.338 e. The number of aliphatic hydroxyl groups is 1. The van der Waals surface area contributed by atoms with Gasteiger partial charge in [0.2, 0.25) is 0 Å². The van der Waals surface area contributed by atoms with Crippen LogP contribution in [0.25, 0.3) is 0 Å². The fourth-order valence-corrected chi connectivity index (χ4v) is 4.32. The van der Waals surface area contributed by atoms with Gasteiger partial charge in [0.05, 0.1) is 12.2 Å². The Morgan fingerprint density at radius 2 is 1.69 bits per heavy atom. The Morgan fingerprint density at radius 1 is 1.07 bits per heavy atom. The Morgan fingerprint density at radius 3 is 2.17 bits per heavy atom. The van der Waals surface area contributed by atoms with Gasteiger partial charge in [-0.05, 0) is 30.3 Å². The second kappa shape index (κ2) is 9.68. The van der Waals surface area contributed by atoms with Crippen molar-refractivity contribution >= 4 is 14.3 Å². The topological polar surface area (TPSA) is 83.5 Å². The molecule has 1 saturated heterocycles. The van der Waals surface area contributed by atoms with E-state index in [1.807, 2.05) is 6.07 Å². The van der Waals surface area contributed by atoms with Gasteiger partial charge in [0.15, 0.2) is 20.7 Å². The molecule has 0 unspecified atom stereocenters. The fourth-order valence-electron chi connectivity index (χ4n) is 3.02. The van der Waals surface area contributed by atoms with Crippen LogP contribution in [0.2, 0.25) is 18.1 Å². The Labute approximate surface area is 174 Å². The van der Waals surface area contributed by atoms with Crippen LogP contribution in [0.15, 0.2) is 30.3 Å². The minimum absolute atomic E-state index is 0.0745. The lowest BCUT2D eigenvalue weighted by Crippen LogP contribution is -2.64. The van der Waals surface area contributed by atoms with Crippen molar-refractivity contribution in [1.82, 2.24) is 0 Å². The van der Waals surface area contributed by atoms with Crippen LogP contribution in [0.5, 0.6) is 0 Å². The Hall–Kier alpha value is -1.29. The lowest BCUT2D eigenvalue weighted by atomic mass is 9.98. The smallest absolute Gasteiger partial charge is 0.338 e. The zero-order chi connectivity index (χ0) is 21.8. The number of aliphatic hydroxyl groups excluding tert-OH is 1. The summed E-state index contributed by atoms with van der Waals surface area (Å²) in [6, 6.07) is 8.70. The molecule has 5 atom stereocenters. The maximum absolute atomic E-state index is 12.8. The van der Waals surface area contributed by atoms with E-state index in [9.17, 15) is 9.90 Å². The second-order valence-electron chi connectivity index (χ2n) is 8.74. The summed E-state index contributed by atoms with van der Waals surface area (Å²) in [5.41, 5.74) is 0.415. The molecule has 29 heavy (non-hydrogen) atoms. The zero-order valence-corrected chi connectivity index (χ0v) is 19.4. The van der Waals surface area contributed by atoms with Crippen molar-refractivity contribution in [2.45, 2.75) is 69.6 Å². The summed E-state index contributed by atoms with van der Waals surface area (Å²) < 4.78 is 29.4. The third-order valence-corrected chi connectivity index (χ3v) is 10.2. The standard InChI is InChI=1S/C21H34O7Si/c1-21(2,3)29(6,7)28-17-16(27-19(23)14-11-9-8-10-12-14)15(13-22)26-20(25-5)18(17)24-4/h8-12,15-18,20,22H,13H2,1-7H3/t15-,16-,17-,18+,20+/m1/s1. The first-order valence-corrected chi connectivity index (χ1v) is 12.7. The fraction of sp³-hybridized carbons (Fsp3) is 0.667. The van der Waals surface area contributed by atoms with Crippen LogP contribution in [-0.4, -0.2) is 70.9 Å². The van der Waals surface area contributed by atoms with Crippen LogP contribution < -0.4 is 0 Å². The summed E-state index contributed by atoms with van der Waals surface area (Å²) in [7, 11) is 0.773. The third kappa shape index (κ3) is 5.45. The average molecular weight is 427 g/mol. The molecule has 1 fully saturated rings. The molecule has 1 aromatic carbocycles. The number of ether oxygens (including phenoxy) is 4. The number of hydrogen-bond donors (Lipinski definition) is 1. The molecule has 0 saturated carbocycles. The third-order valence-electron chi connectivity index (χ3n) is 5.77. The van der Waals surface area contributed by atoms with E-state index >= 15 is 0 Å². The molecule has 0 radical (unpaired) electrons. The number of hydrogen-bond acceptors (Lipinski definition) is 7. The van der Waals surface area contributed by atoms with Crippen LogP contribution >= 0.6 is 0 Å². The second-order valence-corrected chi connectivity index (χ2v) is 13.5. The predicted octanol–water partition coefficient (Wildman–Crippen LogP) is 2.98. The summed E-state index contributed by atoms with van der Waals surface area (Å²) in [6.07, 6.45) is -3.67. The Kier molecular flexibility index (Phi) is 8.00. The van der Waals surface area contributed by atoms with E-state index in [0.717, 1.165) is 0 Å². The molecular weight excluding hydrogens is 392 g/mol. The molecule has 1 aliphatic rings. The molecule has 0 aromatic heterocycles. The molecular formula is C21H34O7Si. The lowest BCUT2D eigenvalue weighted by molar-refractivity contribution is -0.295. The van der Waals surface area contributed by atoms with Gasteiger partial charge in [-0.15, -0.1) is 0 Å². The van der Waals surface area contributed by atoms with Crippen LogP contribution in [0.1, 0.15) is 31.1 Å². The highest BCUT2D eigenvalue weighted by Gasteiger charge is 2.52. The van der Waals surface area contributed by atoms with Crippen molar-refractivity contribution in [3.63, 3.8) is 0 Å². The van der Waals surface area contributed by atoms with Crippen LogP contribution in [0.4, 0.5) is 0 Å². The lowest BCUT2D eigenvalue weighted by Gasteiger charge is -2.48. The van der Waals surface area contributed by atoms with E-state index in [0.29, 0.717) is 5.56 Å². The van der Waals surface area contributed by atoms with E-state index < -0.39 is 45.0 Å². The molecule has 1 aliphatic heterocycles. The van der Waals surface area contributed by atoms with Gasteiger partial charge in [-0.2, -0.15) is 0 Å². The van der Waals surface area contributed by atoms with E-state index in [2.05, 4.69) is 33.9 Å². The van der Waals surface area contributed by atoms with E-state index in [1.165, 1.54) is 14.2 Å². The number of carbonyl (C=O) groups excluding carboxylic acids is 1. The van der Waals surface area contributed by atoms with E-state index in [1.54, 1.807) is 24.3 Å². The van der Waals surface area contributed by atoms with Gasteiger partial charge in [-0.1, -0.05) is 39.0 Å². The molecule has 0 spiro atoms. The SMILES string of the molecule is CO[C@H]1O[C@H](CO)[C@@H](OC(=O)c2ccccc2)[C@@H](O[Si](C)(C)C(C)(C)C)[C@@H]1OC. The molecule has 1 heterocycles. The van der Waals surface area contributed by atoms with Gasteiger partial charge in [-0.3, -0.25) is 0 Å². The summed E-state index contributed by atoms with van der Waals surface area (Å²) >= 11 is 0. The molecule has 1 aromatic rings. The molecule has 7 nitrogen and oxygen atoms in total. The maximum atomic E-state index is 12.8. The Balaban J connectivity index is 2.39. The molecule has 1 N–H and O–H groups in total. The largest absolute Gasteiger partial charge is 0.453 e. The van der Waals surface area contributed by atoms with Crippen molar-refractivity contribution in [3.8, 4) is 0 Å². The van der Waals surface area contributed by atoms with Crippen molar-refractivity contribution in [2.75, 3.05) is 20.8 Å². The Bertz CT molecular complexity index is 659. The normalized spacial score (nSPS) is 28.2. The quantitative estimate of drug-likeness (QED) is 0.530.